The summed E-state index contributed by atoms with van der Waals surface area (Å²) in [5.74, 6) is -1.15. The van der Waals surface area contributed by atoms with Gasteiger partial charge in [-0.1, -0.05) is 0 Å². The molecular weight excluding hydrogens is 436 g/mol. The summed E-state index contributed by atoms with van der Waals surface area (Å²) in [5, 5.41) is 0. The Labute approximate surface area is 199 Å². The minimum Gasteiger partial charge on any atom is -0.459 e. The zero-order valence-electron chi connectivity index (χ0n) is 19.9. The zero-order valence-corrected chi connectivity index (χ0v) is 19.9. The van der Waals surface area contributed by atoms with Crippen molar-refractivity contribution in [1.82, 2.24) is 9.80 Å². The summed E-state index contributed by atoms with van der Waals surface area (Å²) in [5.41, 5.74) is 1.74. The predicted octanol–water partition coefficient (Wildman–Crippen LogP) is 3.42. The maximum atomic E-state index is 12.8. The van der Waals surface area contributed by atoms with Gasteiger partial charge in [0, 0.05) is 37.3 Å². The Hall–Kier alpha value is -3.68. The number of hydrogen-bond donors (Lipinski definition) is 0. The lowest BCUT2D eigenvalue weighted by molar-refractivity contribution is 0.0367. The van der Waals surface area contributed by atoms with E-state index < -0.39 is 11.9 Å². The Bertz CT molecular complexity index is 950. The summed E-state index contributed by atoms with van der Waals surface area (Å²) in [6, 6.07) is 12.8. The smallest absolute Gasteiger partial charge is 0.338 e. The number of esters is 2. The topological polar surface area (TPSA) is 93.2 Å². The maximum absolute atomic E-state index is 12.8. The lowest BCUT2D eigenvalue weighted by Gasteiger charge is -2.35. The third-order valence-electron chi connectivity index (χ3n) is 5.27. The summed E-state index contributed by atoms with van der Waals surface area (Å²) in [7, 11) is 0. The largest absolute Gasteiger partial charge is 0.459 e. The van der Waals surface area contributed by atoms with E-state index in [1.165, 1.54) is 0 Å². The third-order valence-corrected chi connectivity index (χ3v) is 5.27. The van der Waals surface area contributed by atoms with Crippen molar-refractivity contribution in [1.29, 1.82) is 0 Å². The second-order valence-corrected chi connectivity index (χ2v) is 8.65. The van der Waals surface area contributed by atoms with E-state index in [-0.39, 0.29) is 24.0 Å². The summed E-state index contributed by atoms with van der Waals surface area (Å²) in [6.07, 6.45) is -0.431. The lowest BCUT2D eigenvalue weighted by Crippen LogP contribution is -2.50. The van der Waals surface area contributed by atoms with Crippen LogP contribution in [0.15, 0.2) is 48.5 Å². The highest BCUT2D eigenvalue weighted by atomic mass is 16.5. The molecule has 1 heterocycles. The number of piperazine rings is 1. The van der Waals surface area contributed by atoms with Crippen LogP contribution in [0.2, 0.25) is 0 Å². The molecule has 0 aliphatic carbocycles. The molecule has 0 atom stereocenters. The molecule has 1 fully saturated rings. The van der Waals surface area contributed by atoms with Gasteiger partial charge < -0.3 is 19.3 Å². The Kier molecular flexibility index (Phi) is 8.04. The predicted molar refractivity (Wildman–Crippen MR) is 126 cm³/mol. The molecule has 1 aliphatic heterocycles. The fourth-order valence-corrected chi connectivity index (χ4v) is 3.54. The lowest BCUT2D eigenvalue weighted by atomic mass is 10.1. The average Bonchev–Trinajstić information content (AvgIpc) is 2.82. The molecular formula is C26H30N2O6. The molecule has 2 aromatic carbocycles. The molecule has 8 heteroatoms. The summed E-state index contributed by atoms with van der Waals surface area (Å²) >= 11 is 0. The van der Waals surface area contributed by atoms with E-state index in [4.69, 9.17) is 9.47 Å². The fraction of sp³-hybridized carbons (Fsp3) is 0.385. The molecule has 0 spiro atoms. The number of ether oxygens (including phenoxy) is 2. The third kappa shape index (κ3) is 6.21. The van der Waals surface area contributed by atoms with Crippen LogP contribution in [0.25, 0.3) is 0 Å². The van der Waals surface area contributed by atoms with Crippen molar-refractivity contribution in [3.63, 3.8) is 0 Å². The van der Waals surface area contributed by atoms with Crippen molar-refractivity contribution >= 4 is 23.8 Å². The van der Waals surface area contributed by atoms with Gasteiger partial charge in [0.15, 0.2) is 0 Å². The summed E-state index contributed by atoms with van der Waals surface area (Å²) < 4.78 is 10.3. The van der Waals surface area contributed by atoms with E-state index in [1.807, 2.05) is 0 Å². The number of nitrogens with zero attached hydrogens (tertiary/aromatic N) is 2. The number of benzene rings is 2. The molecule has 2 aromatic rings. The average molecular weight is 467 g/mol. The standard InChI is InChI=1S/C26H30N2O6/c1-17(2)33-25(31)21-9-5-19(6-10-21)23(29)27-13-15-28(16-14-27)24(30)20-7-11-22(12-8-20)26(32)34-18(3)4/h5-12,17-18H,13-16H2,1-4H3. The van der Waals surface area contributed by atoms with Crippen LogP contribution < -0.4 is 0 Å². The zero-order chi connectivity index (χ0) is 24.8. The van der Waals surface area contributed by atoms with Gasteiger partial charge in [-0.3, -0.25) is 9.59 Å². The number of carbonyl (C=O) groups is 4. The molecule has 3 rings (SSSR count). The molecule has 0 N–H and O–H groups in total. The molecule has 8 nitrogen and oxygen atoms in total. The second kappa shape index (κ2) is 11.0. The highest BCUT2D eigenvalue weighted by molar-refractivity contribution is 5.98. The Morgan fingerprint density at radius 1 is 0.559 bits per heavy atom. The van der Waals surface area contributed by atoms with E-state index in [1.54, 1.807) is 86.0 Å². The summed E-state index contributed by atoms with van der Waals surface area (Å²) in [6.45, 7) is 8.72. The molecule has 1 aliphatic rings. The van der Waals surface area contributed by atoms with Crippen molar-refractivity contribution in [2.24, 2.45) is 0 Å². The van der Waals surface area contributed by atoms with Gasteiger partial charge in [0.2, 0.25) is 0 Å². The van der Waals surface area contributed by atoms with Gasteiger partial charge in [-0.2, -0.15) is 0 Å². The van der Waals surface area contributed by atoms with Crippen LogP contribution in [-0.2, 0) is 9.47 Å². The highest BCUT2D eigenvalue weighted by Gasteiger charge is 2.26. The first kappa shape index (κ1) is 25.0. The van der Waals surface area contributed by atoms with Gasteiger partial charge in [0.05, 0.1) is 23.3 Å². The van der Waals surface area contributed by atoms with E-state index in [2.05, 4.69) is 0 Å². The van der Waals surface area contributed by atoms with Gasteiger partial charge in [0.25, 0.3) is 11.8 Å². The molecule has 0 aromatic heterocycles. The number of carbonyl (C=O) groups excluding carboxylic acids is 4. The molecule has 1 saturated heterocycles. The molecule has 0 bridgehead atoms. The van der Waals surface area contributed by atoms with Crippen molar-refractivity contribution < 1.29 is 28.7 Å². The molecule has 34 heavy (non-hydrogen) atoms. The molecule has 0 unspecified atom stereocenters. The van der Waals surface area contributed by atoms with Gasteiger partial charge in [0.1, 0.15) is 0 Å². The van der Waals surface area contributed by atoms with E-state index in [0.717, 1.165) is 0 Å². The van der Waals surface area contributed by atoms with Crippen LogP contribution in [0.5, 0.6) is 0 Å². The highest BCUT2D eigenvalue weighted by Crippen LogP contribution is 2.15. The monoisotopic (exact) mass is 466 g/mol. The van der Waals surface area contributed by atoms with Crippen LogP contribution in [0.4, 0.5) is 0 Å². The van der Waals surface area contributed by atoms with Gasteiger partial charge in [-0.05, 0) is 76.2 Å². The van der Waals surface area contributed by atoms with Gasteiger partial charge in [-0.15, -0.1) is 0 Å². The van der Waals surface area contributed by atoms with Gasteiger partial charge in [-0.25, -0.2) is 9.59 Å². The minimum atomic E-state index is -0.425. The fourth-order valence-electron chi connectivity index (χ4n) is 3.54. The van der Waals surface area contributed by atoms with Crippen molar-refractivity contribution in [3.05, 3.63) is 70.8 Å². The SMILES string of the molecule is CC(C)OC(=O)c1ccc(C(=O)N2CCN(C(=O)c3ccc(C(=O)OC(C)C)cc3)CC2)cc1. The normalized spacial score (nSPS) is 13.7. The Balaban J connectivity index is 1.55. The maximum Gasteiger partial charge on any atom is 0.338 e. The molecule has 0 radical (unpaired) electrons. The van der Waals surface area contributed by atoms with Crippen LogP contribution >= 0.6 is 0 Å². The molecule has 0 saturated carbocycles. The van der Waals surface area contributed by atoms with Crippen LogP contribution in [-0.4, -0.2) is 71.9 Å². The van der Waals surface area contributed by atoms with Crippen LogP contribution in [0, 0.1) is 0 Å². The first-order valence-electron chi connectivity index (χ1n) is 11.4. The summed E-state index contributed by atoms with van der Waals surface area (Å²) in [4.78, 5) is 53.0. The van der Waals surface area contributed by atoms with Crippen molar-refractivity contribution in [2.45, 2.75) is 39.9 Å². The second-order valence-electron chi connectivity index (χ2n) is 8.65. The first-order chi connectivity index (χ1) is 16.2. The minimum absolute atomic E-state index is 0.149. The van der Waals surface area contributed by atoms with Crippen molar-refractivity contribution in [2.75, 3.05) is 26.2 Å². The Morgan fingerprint density at radius 3 is 1.09 bits per heavy atom. The van der Waals surface area contributed by atoms with E-state index >= 15 is 0 Å². The number of hydrogen-bond acceptors (Lipinski definition) is 6. The molecule has 180 valence electrons. The number of amides is 2. The van der Waals surface area contributed by atoms with Gasteiger partial charge >= 0.3 is 11.9 Å². The van der Waals surface area contributed by atoms with E-state index in [0.29, 0.717) is 48.4 Å². The van der Waals surface area contributed by atoms with Crippen LogP contribution in [0.1, 0.15) is 69.1 Å². The van der Waals surface area contributed by atoms with Crippen LogP contribution in [0.3, 0.4) is 0 Å². The number of rotatable bonds is 6. The first-order valence-corrected chi connectivity index (χ1v) is 11.4. The Morgan fingerprint density at radius 2 is 0.824 bits per heavy atom. The quantitative estimate of drug-likeness (QED) is 0.606. The van der Waals surface area contributed by atoms with E-state index in [9.17, 15) is 19.2 Å². The molecule has 2 amide bonds. The van der Waals surface area contributed by atoms with Crippen molar-refractivity contribution in [3.8, 4) is 0 Å².